The van der Waals surface area contributed by atoms with Gasteiger partial charge < -0.3 is 15.5 Å². The molecule has 2 unspecified atom stereocenters. The maximum atomic E-state index is 12.0. The number of hydrogen-bond acceptors (Lipinski definition) is 3. The van der Waals surface area contributed by atoms with Gasteiger partial charge in [-0.1, -0.05) is 96.6 Å². The minimum absolute atomic E-state index is 0.0791. The summed E-state index contributed by atoms with van der Waals surface area (Å²) in [4.78, 5) is 12.0. The molecule has 0 aliphatic carbocycles. The molecule has 3 N–H and O–H groups in total. The quantitative estimate of drug-likeness (QED) is 0.238. The molecule has 0 radical (unpaired) electrons. The fourth-order valence-electron chi connectivity index (χ4n) is 2.98. The highest BCUT2D eigenvalue weighted by Gasteiger charge is 2.17. The van der Waals surface area contributed by atoms with Crippen LogP contribution in [0, 0.1) is 0 Å². The third-order valence-corrected chi connectivity index (χ3v) is 4.77. The third kappa shape index (κ3) is 15.4. The van der Waals surface area contributed by atoms with Gasteiger partial charge in [-0.05, 0) is 12.8 Å². The van der Waals surface area contributed by atoms with Gasteiger partial charge in [0, 0.05) is 6.42 Å². The van der Waals surface area contributed by atoms with E-state index in [0.717, 1.165) is 32.1 Å². The topological polar surface area (TPSA) is 69.6 Å². The summed E-state index contributed by atoms with van der Waals surface area (Å²) < 4.78 is 0. The Hall–Kier alpha value is -0.870. The number of unbranched alkanes of at least 4 members (excludes halogenated alkanes) is 11. The van der Waals surface area contributed by atoms with Crippen molar-refractivity contribution in [1.29, 1.82) is 0 Å². The standard InChI is InChI=1S/C22H43NO3/c1-3-5-7-9-10-11-12-13-14-16-18-22(26)23-20(19-24)21(25)17-15-8-6-4-2/h15,17,20-21,24-25H,3-14,16,18-19H2,1-2H3,(H,23,26)/b17-15+. The van der Waals surface area contributed by atoms with E-state index in [1.807, 2.05) is 6.08 Å². The Morgan fingerprint density at radius 1 is 0.885 bits per heavy atom. The summed E-state index contributed by atoms with van der Waals surface area (Å²) in [5.74, 6) is -0.0791. The number of nitrogens with one attached hydrogen (secondary N) is 1. The Morgan fingerprint density at radius 2 is 1.42 bits per heavy atom. The van der Waals surface area contributed by atoms with E-state index < -0.39 is 12.1 Å². The van der Waals surface area contributed by atoms with Gasteiger partial charge in [0.2, 0.25) is 5.91 Å². The van der Waals surface area contributed by atoms with Crippen molar-refractivity contribution in [2.24, 2.45) is 0 Å². The Kier molecular flexibility index (Phi) is 18.3. The highest BCUT2D eigenvalue weighted by molar-refractivity contribution is 5.76. The highest BCUT2D eigenvalue weighted by atomic mass is 16.3. The average molecular weight is 370 g/mol. The molecule has 0 fully saturated rings. The summed E-state index contributed by atoms with van der Waals surface area (Å²) in [5, 5.41) is 22.2. The molecule has 0 saturated carbocycles. The molecule has 0 aliphatic heterocycles. The maximum absolute atomic E-state index is 12.0. The van der Waals surface area contributed by atoms with Crippen molar-refractivity contribution in [1.82, 2.24) is 5.32 Å². The second-order valence-corrected chi connectivity index (χ2v) is 7.35. The first kappa shape index (κ1) is 25.1. The predicted molar refractivity (Wildman–Crippen MR) is 110 cm³/mol. The van der Waals surface area contributed by atoms with Crippen LogP contribution in [0.15, 0.2) is 12.2 Å². The summed E-state index contributed by atoms with van der Waals surface area (Å²) in [5.41, 5.74) is 0. The van der Waals surface area contributed by atoms with E-state index in [1.165, 1.54) is 51.4 Å². The summed E-state index contributed by atoms with van der Waals surface area (Å²) in [6, 6.07) is -0.608. The monoisotopic (exact) mass is 369 g/mol. The smallest absolute Gasteiger partial charge is 0.220 e. The van der Waals surface area contributed by atoms with Crippen molar-refractivity contribution in [3.05, 3.63) is 12.2 Å². The number of aliphatic hydroxyl groups excluding tert-OH is 2. The number of allylic oxidation sites excluding steroid dienone is 1. The van der Waals surface area contributed by atoms with Gasteiger partial charge in [-0.25, -0.2) is 0 Å². The van der Waals surface area contributed by atoms with Crippen LogP contribution in [0.3, 0.4) is 0 Å². The van der Waals surface area contributed by atoms with Gasteiger partial charge in [-0.2, -0.15) is 0 Å². The third-order valence-electron chi connectivity index (χ3n) is 4.77. The second-order valence-electron chi connectivity index (χ2n) is 7.35. The molecule has 0 aromatic heterocycles. The van der Waals surface area contributed by atoms with Crippen LogP contribution in [0.4, 0.5) is 0 Å². The lowest BCUT2D eigenvalue weighted by atomic mass is 10.1. The first-order valence-corrected chi connectivity index (χ1v) is 10.9. The van der Waals surface area contributed by atoms with Crippen LogP contribution in [0.1, 0.15) is 104 Å². The van der Waals surface area contributed by atoms with E-state index in [4.69, 9.17) is 0 Å². The molecular formula is C22H43NO3. The number of carbonyl (C=O) groups excluding carboxylic acids is 1. The first-order chi connectivity index (χ1) is 12.7. The Labute approximate surface area is 161 Å². The zero-order valence-corrected chi connectivity index (χ0v) is 17.2. The molecular weight excluding hydrogens is 326 g/mol. The van der Waals surface area contributed by atoms with Crippen molar-refractivity contribution in [2.45, 2.75) is 116 Å². The lowest BCUT2D eigenvalue weighted by Gasteiger charge is -2.19. The summed E-state index contributed by atoms with van der Waals surface area (Å²) in [6.45, 7) is 4.11. The van der Waals surface area contributed by atoms with Gasteiger partial charge in [0.15, 0.2) is 0 Å². The fraction of sp³-hybridized carbons (Fsp3) is 0.864. The van der Waals surface area contributed by atoms with Crippen molar-refractivity contribution < 1.29 is 15.0 Å². The van der Waals surface area contributed by atoms with E-state index in [1.54, 1.807) is 6.08 Å². The van der Waals surface area contributed by atoms with Crippen LogP contribution < -0.4 is 5.32 Å². The summed E-state index contributed by atoms with van der Waals surface area (Å²) >= 11 is 0. The van der Waals surface area contributed by atoms with E-state index in [-0.39, 0.29) is 12.5 Å². The van der Waals surface area contributed by atoms with Crippen LogP contribution in [-0.2, 0) is 4.79 Å². The molecule has 0 spiro atoms. The molecule has 0 saturated heterocycles. The van der Waals surface area contributed by atoms with E-state index in [9.17, 15) is 15.0 Å². The maximum Gasteiger partial charge on any atom is 0.220 e. The Bertz CT molecular complexity index is 344. The normalized spacial score (nSPS) is 13.8. The van der Waals surface area contributed by atoms with Crippen LogP contribution in [0.2, 0.25) is 0 Å². The number of aliphatic hydroxyl groups is 2. The van der Waals surface area contributed by atoms with Crippen molar-refractivity contribution in [3.8, 4) is 0 Å². The molecule has 0 heterocycles. The van der Waals surface area contributed by atoms with Crippen LogP contribution in [0.25, 0.3) is 0 Å². The van der Waals surface area contributed by atoms with Crippen molar-refractivity contribution in [2.75, 3.05) is 6.61 Å². The van der Waals surface area contributed by atoms with Gasteiger partial charge in [0.05, 0.1) is 18.8 Å². The number of hydrogen-bond donors (Lipinski definition) is 3. The van der Waals surface area contributed by atoms with Gasteiger partial charge in [0.25, 0.3) is 0 Å². The fourth-order valence-corrected chi connectivity index (χ4v) is 2.98. The zero-order chi connectivity index (χ0) is 19.5. The van der Waals surface area contributed by atoms with Crippen LogP contribution in [-0.4, -0.2) is 34.9 Å². The minimum atomic E-state index is -0.825. The summed E-state index contributed by atoms with van der Waals surface area (Å²) in [6.07, 6.45) is 18.8. The molecule has 0 rings (SSSR count). The largest absolute Gasteiger partial charge is 0.394 e. The molecule has 0 aromatic carbocycles. The molecule has 2 atom stereocenters. The zero-order valence-electron chi connectivity index (χ0n) is 17.2. The lowest BCUT2D eigenvalue weighted by Crippen LogP contribution is -2.45. The number of carbonyl (C=O) groups is 1. The van der Waals surface area contributed by atoms with Crippen molar-refractivity contribution >= 4 is 5.91 Å². The molecule has 4 heteroatoms. The molecule has 0 bridgehead atoms. The molecule has 0 aliphatic rings. The van der Waals surface area contributed by atoms with Crippen LogP contribution in [0.5, 0.6) is 0 Å². The van der Waals surface area contributed by atoms with Gasteiger partial charge >= 0.3 is 0 Å². The molecule has 0 aromatic rings. The average Bonchev–Trinajstić information content (AvgIpc) is 2.64. The van der Waals surface area contributed by atoms with Crippen molar-refractivity contribution in [3.63, 3.8) is 0 Å². The second kappa shape index (κ2) is 18.9. The molecule has 26 heavy (non-hydrogen) atoms. The predicted octanol–water partition coefficient (Wildman–Crippen LogP) is 4.88. The van der Waals surface area contributed by atoms with E-state index in [2.05, 4.69) is 19.2 Å². The van der Waals surface area contributed by atoms with Gasteiger partial charge in [0.1, 0.15) is 0 Å². The minimum Gasteiger partial charge on any atom is -0.394 e. The van der Waals surface area contributed by atoms with Crippen LogP contribution >= 0.6 is 0 Å². The summed E-state index contributed by atoms with van der Waals surface area (Å²) in [7, 11) is 0. The number of rotatable bonds is 18. The first-order valence-electron chi connectivity index (χ1n) is 10.9. The Balaban J connectivity index is 3.70. The van der Waals surface area contributed by atoms with E-state index in [0.29, 0.717) is 6.42 Å². The highest BCUT2D eigenvalue weighted by Crippen LogP contribution is 2.11. The van der Waals surface area contributed by atoms with Gasteiger partial charge in [-0.3, -0.25) is 4.79 Å². The molecule has 1 amide bonds. The molecule has 4 nitrogen and oxygen atoms in total. The molecule has 154 valence electrons. The number of amides is 1. The SMILES string of the molecule is CCCC/C=C/C(O)C(CO)NC(=O)CCCCCCCCCCCC. The Morgan fingerprint density at radius 3 is 1.96 bits per heavy atom. The van der Waals surface area contributed by atoms with E-state index >= 15 is 0 Å². The van der Waals surface area contributed by atoms with Gasteiger partial charge in [-0.15, -0.1) is 0 Å². The lowest BCUT2D eigenvalue weighted by molar-refractivity contribution is -0.123.